The van der Waals surface area contributed by atoms with Crippen LogP contribution >= 0.6 is 11.6 Å². The van der Waals surface area contributed by atoms with Crippen molar-refractivity contribution in [3.05, 3.63) is 40.6 Å². The number of hydrogen-bond donors (Lipinski definition) is 1. The van der Waals surface area contributed by atoms with Crippen molar-refractivity contribution in [2.45, 2.75) is 45.8 Å². The Bertz CT molecular complexity index is 664. The van der Waals surface area contributed by atoms with Gasteiger partial charge in [-0.25, -0.2) is 9.59 Å². The van der Waals surface area contributed by atoms with Gasteiger partial charge in [-0.2, -0.15) is 0 Å². The van der Waals surface area contributed by atoms with Gasteiger partial charge in [-0.1, -0.05) is 38.4 Å². The van der Waals surface area contributed by atoms with Gasteiger partial charge in [0.1, 0.15) is 0 Å². The second-order valence-corrected chi connectivity index (χ2v) is 7.23. The maximum absolute atomic E-state index is 11.9. The molecule has 0 amide bonds. The molecule has 2 rings (SSSR count). The Morgan fingerprint density at radius 1 is 1.13 bits per heavy atom. The van der Waals surface area contributed by atoms with E-state index in [0.717, 1.165) is 5.56 Å². The van der Waals surface area contributed by atoms with Gasteiger partial charge in [0.2, 0.25) is 0 Å². The maximum atomic E-state index is 11.9. The van der Waals surface area contributed by atoms with E-state index in [-0.39, 0.29) is 11.0 Å². The zero-order valence-corrected chi connectivity index (χ0v) is 14.6. The zero-order chi connectivity index (χ0) is 17.4. The lowest BCUT2D eigenvalue weighted by Crippen LogP contribution is -2.42. The fraction of sp³-hybridized carbons (Fsp3) is 0.412. The topological polar surface area (TPSA) is 64.6 Å². The lowest BCUT2D eigenvalue weighted by Gasteiger charge is -2.29. The van der Waals surface area contributed by atoms with Gasteiger partial charge in [-0.05, 0) is 23.1 Å². The van der Waals surface area contributed by atoms with Gasteiger partial charge in [0.05, 0.1) is 10.7 Å². The molecule has 1 N–H and O–H groups in total. The Balaban J connectivity index is 2.26. The van der Waals surface area contributed by atoms with E-state index in [0.29, 0.717) is 10.7 Å². The number of halogens is 1. The number of esters is 2. The summed E-state index contributed by atoms with van der Waals surface area (Å²) in [5, 5.41) is 3.37. The highest BCUT2D eigenvalue weighted by molar-refractivity contribution is 6.33. The number of rotatable bonds is 2. The third-order valence-electron chi connectivity index (χ3n) is 3.32. The monoisotopic (exact) mass is 337 g/mol. The Labute approximate surface area is 140 Å². The fourth-order valence-corrected chi connectivity index (χ4v) is 2.20. The van der Waals surface area contributed by atoms with E-state index in [1.807, 2.05) is 12.1 Å². The average Bonchev–Trinajstić information content (AvgIpc) is 2.36. The number of benzene rings is 1. The van der Waals surface area contributed by atoms with Crippen LogP contribution in [0.3, 0.4) is 0 Å². The van der Waals surface area contributed by atoms with Gasteiger partial charge in [0.15, 0.2) is 5.57 Å². The molecule has 0 atom stereocenters. The minimum Gasteiger partial charge on any atom is -0.419 e. The third kappa shape index (κ3) is 4.05. The van der Waals surface area contributed by atoms with E-state index in [9.17, 15) is 9.59 Å². The molecule has 0 unspecified atom stereocenters. The van der Waals surface area contributed by atoms with Gasteiger partial charge in [0.25, 0.3) is 5.79 Å². The molecule has 0 aromatic heterocycles. The summed E-state index contributed by atoms with van der Waals surface area (Å²) >= 11 is 6.16. The molecule has 1 fully saturated rings. The van der Waals surface area contributed by atoms with E-state index in [2.05, 4.69) is 26.1 Å². The van der Waals surface area contributed by atoms with Crippen molar-refractivity contribution < 1.29 is 19.1 Å². The van der Waals surface area contributed by atoms with Gasteiger partial charge >= 0.3 is 11.9 Å². The number of hydrogen-bond acceptors (Lipinski definition) is 5. The standard InChI is InChI=1S/C17H20ClNO4/c1-16(2,3)10-6-7-12(18)13(8-10)19-9-11-14(20)22-17(4,5)23-15(11)21/h6-9,19H,1-5H3. The minimum absolute atomic E-state index is 0.0547. The van der Waals surface area contributed by atoms with Crippen LogP contribution in [0.25, 0.3) is 0 Å². The molecule has 1 aromatic rings. The predicted octanol–water partition coefficient (Wildman–Crippen LogP) is 3.77. The Morgan fingerprint density at radius 3 is 2.22 bits per heavy atom. The van der Waals surface area contributed by atoms with E-state index >= 15 is 0 Å². The van der Waals surface area contributed by atoms with Crippen molar-refractivity contribution >= 4 is 29.2 Å². The van der Waals surface area contributed by atoms with Crippen LogP contribution in [0.1, 0.15) is 40.2 Å². The van der Waals surface area contributed by atoms with Crippen LogP contribution in [0.2, 0.25) is 5.02 Å². The molecule has 124 valence electrons. The molecule has 6 heteroatoms. The highest BCUT2D eigenvalue weighted by Gasteiger charge is 2.38. The van der Waals surface area contributed by atoms with Crippen LogP contribution in [-0.4, -0.2) is 17.7 Å². The normalized spacial score (nSPS) is 17.4. The quantitative estimate of drug-likeness (QED) is 0.505. The zero-order valence-electron chi connectivity index (χ0n) is 13.8. The first-order chi connectivity index (χ1) is 10.5. The lowest BCUT2D eigenvalue weighted by molar-refractivity contribution is -0.222. The molecule has 5 nitrogen and oxygen atoms in total. The molecule has 1 saturated heterocycles. The number of carbonyl (C=O) groups excluding carboxylic acids is 2. The highest BCUT2D eigenvalue weighted by Crippen LogP contribution is 2.30. The number of nitrogens with one attached hydrogen (secondary N) is 1. The summed E-state index contributed by atoms with van der Waals surface area (Å²) in [6, 6.07) is 5.58. The van der Waals surface area contributed by atoms with E-state index in [1.165, 1.54) is 20.0 Å². The molecule has 0 saturated carbocycles. The van der Waals surface area contributed by atoms with Gasteiger partial charge in [0, 0.05) is 20.0 Å². The molecular weight excluding hydrogens is 318 g/mol. The first-order valence-electron chi connectivity index (χ1n) is 7.23. The van der Waals surface area contributed by atoms with Crippen LogP contribution in [0.5, 0.6) is 0 Å². The molecule has 0 aliphatic carbocycles. The number of carbonyl (C=O) groups is 2. The summed E-state index contributed by atoms with van der Waals surface area (Å²) < 4.78 is 10.1. The van der Waals surface area contributed by atoms with E-state index in [4.69, 9.17) is 21.1 Å². The van der Waals surface area contributed by atoms with Crippen molar-refractivity contribution in [1.82, 2.24) is 0 Å². The van der Waals surface area contributed by atoms with Crippen molar-refractivity contribution in [1.29, 1.82) is 0 Å². The fourth-order valence-electron chi connectivity index (χ4n) is 2.03. The number of anilines is 1. The van der Waals surface area contributed by atoms with Crippen molar-refractivity contribution in [2.24, 2.45) is 0 Å². The van der Waals surface area contributed by atoms with E-state index < -0.39 is 17.7 Å². The molecule has 1 aliphatic rings. The second-order valence-electron chi connectivity index (χ2n) is 6.83. The molecule has 1 aromatic carbocycles. The molecular formula is C17H20ClNO4. The number of cyclic esters (lactones) is 2. The van der Waals surface area contributed by atoms with Gasteiger partial charge in [-0.15, -0.1) is 0 Å². The molecule has 23 heavy (non-hydrogen) atoms. The smallest absolute Gasteiger partial charge is 0.350 e. The molecule has 0 spiro atoms. The third-order valence-corrected chi connectivity index (χ3v) is 3.65. The molecule has 1 aliphatic heterocycles. The minimum atomic E-state index is -1.25. The first-order valence-corrected chi connectivity index (χ1v) is 7.61. The van der Waals surface area contributed by atoms with E-state index in [1.54, 1.807) is 6.07 Å². The average molecular weight is 338 g/mol. The summed E-state index contributed by atoms with van der Waals surface area (Å²) in [7, 11) is 0. The summed E-state index contributed by atoms with van der Waals surface area (Å²) in [4.78, 5) is 23.8. The number of ether oxygens (including phenoxy) is 2. The van der Waals surface area contributed by atoms with Crippen LogP contribution in [0, 0.1) is 0 Å². The summed E-state index contributed by atoms with van der Waals surface area (Å²) in [5.74, 6) is -2.72. The second kappa shape index (κ2) is 5.89. The van der Waals surface area contributed by atoms with Crippen LogP contribution in [-0.2, 0) is 24.5 Å². The molecule has 0 bridgehead atoms. The predicted molar refractivity (Wildman–Crippen MR) is 88.1 cm³/mol. The van der Waals surface area contributed by atoms with Crippen LogP contribution in [0.4, 0.5) is 5.69 Å². The summed E-state index contributed by atoms with van der Waals surface area (Å²) in [5.41, 5.74) is 1.40. The lowest BCUT2D eigenvalue weighted by atomic mass is 9.87. The molecule has 0 radical (unpaired) electrons. The maximum Gasteiger partial charge on any atom is 0.350 e. The summed E-state index contributed by atoms with van der Waals surface area (Å²) in [6.45, 7) is 9.23. The van der Waals surface area contributed by atoms with Crippen molar-refractivity contribution in [2.75, 3.05) is 5.32 Å². The molecule has 1 heterocycles. The summed E-state index contributed by atoms with van der Waals surface area (Å²) in [6.07, 6.45) is 1.26. The Morgan fingerprint density at radius 2 is 1.70 bits per heavy atom. The Hall–Kier alpha value is -2.01. The van der Waals surface area contributed by atoms with Gasteiger partial charge < -0.3 is 14.8 Å². The SMILES string of the molecule is CC1(C)OC(=O)C(=CNc2cc(C(C)(C)C)ccc2Cl)C(=O)O1. The van der Waals surface area contributed by atoms with Crippen molar-refractivity contribution in [3.63, 3.8) is 0 Å². The largest absolute Gasteiger partial charge is 0.419 e. The van der Waals surface area contributed by atoms with Crippen LogP contribution in [0.15, 0.2) is 30.0 Å². The highest BCUT2D eigenvalue weighted by atomic mass is 35.5. The van der Waals surface area contributed by atoms with Crippen molar-refractivity contribution in [3.8, 4) is 0 Å². The van der Waals surface area contributed by atoms with Crippen LogP contribution < -0.4 is 5.32 Å². The first kappa shape index (κ1) is 17.3. The van der Waals surface area contributed by atoms with Gasteiger partial charge in [-0.3, -0.25) is 0 Å². The Kier molecular flexibility index (Phi) is 4.44.